The molecule has 4 heteroatoms. The normalized spacial score (nSPS) is 19.9. The van der Waals surface area contributed by atoms with Crippen LogP contribution < -0.4 is 15.8 Å². The molecule has 2 aromatic rings. The minimum absolute atomic E-state index is 0.0962. The largest absolute Gasteiger partial charge is 0.496 e. The number of hydrogen-bond donors (Lipinski definition) is 2. The summed E-state index contributed by atoms with van der Waals surface area (Å²) in [5, 5.41) is 3.03. The molecule has 0 saturated carbocycles. The van der Waals surface area contributed by atoms with Crippen LogP contribution in [0.15, 0.2) is 48.5 Å². The number of carbonyl (C=O) groups excluding carboxylic acids is 1. The topological polar surface area (TPSA) is 64.3 Å². The average molecular weight is 282 g/mol. The number of methoxy groups -OCH3 is 1. The molecular weight excluding hydrogens is 264 g/mol. The average Bonchev–Trinajstić information content (AvgIpc) is 2.83. The van der Waals surface area contributed by atoms with Crippen molar-refractivity contribution in [1.82, 2.24) is 5.32 Å². The van der Waals surface area contributed by atoms with Crippen LogP contribution in [0.2, 0.25) is 0 Å². The number of ether oxygens (including phenoxy) is 1. The quantitative estimate of drug-likeness (QED) is 0.905. The Morgan fingerprint density at radius 3 is 2.71 bits per heavy atom. The number of hydrogen-bond acceptors (Lipinski definition) is 3. The molecule has 0 aliphatic heterocycles. The zero-order valence-corrected chi connectivity index (χ0v) is 11.9. The molecule has 1 aliphatic carbocycles. The number of para-hydroxylation sites is 1. The second-order valence-corrected chi connectivity index (χ2v) is 5.22. The molecule has 0 radical (unpaired) electrons. The van der Waals surface area contributed by atoms with Crippen LogP contribution in [-0.4, -0.2) is 19.1 Å². The van der Waals surface area contributed by atoms with E-state index in [4.69, 9.17) is 10.5 Å². The van der Waals surface area contributed by atoms with Gasteiger partial charge in [0.1, 0.15) is 5.75 Å². The van der Waals surface area contributed by atoms with Crippen LogP contribution in [0.5, 0.6) is 5.75 Å². The molecule has 2 atom stereocenters. The summed E-state index contributed by atoms with van der Waals surface area (Å²) in [6, 6.07) is 15.0. The van der Waals surface area contributed by atoms with E-state index in [1.54, 1.807) is 19.2 Å². The first-order valence-corrected chi connectivity index (χ1v) is 6.98. The lowest BCUT2D eigenvalue weighted by Gasteiger charge is -2.19. The fraction of sp³-hybridized carbons (Fsp3) is 0.235. The SMILES string of the molecule is COc1ccccc1C(=O)NC1c2ccccc2CC1N. The summed E-state index contributed by atoms with van der Waals surface area (Å²) in [6.45, 7) is 0. The predicted octanol–water partition coefficient (Wildman–Crippen LogP) is 2.05. The van der Waals surface area contributed by atoms with Crippen LogP contribution in [0.4, 0.5) is 0 Å². The lowest BCUT2D eigenvalue weighted by atomic mass is 10.1. The fourth-order valence-corrected chi connectivity index (χ4v) is 2.86. The fourth-order valence-electron chi connectivity index (χ4n) is 2.86. The highest BCUT2D eigenvalue weighted by atomic mass is 16.5. The molecule has 2 aromatic carbocycles. The van der Waals surface area contributed by atoms with Gasteiger partial charge in [-0.15, -0.1) is 0 Å². The number of benzene rings is 2. The summed E-state index contributed by atoms with van der Waals surface area (Å²) in [4.78, 5) is 12.5. The highest BCUT2D eigenvalue weighted by Crippen LogP contribution is 2.30. The Kier molecular flexibility index (Phi) is 3.62. The van der Waals surface area contributed by atoms with Crippen molar-refractivity contribution in [3.63, 3.8) is 0 Å². The van der Waals surface area contributed by atoms with Crippen LogP contribution in [0, 0.1) is 0 Å². The number of rotatable bonds is 3. The van der Waals surface area contributed by atoms with Crippen molar-refractivity contribution in [3.05, 3.63) is 65.2 Å². The standard InChI is InChI=1S/C17H18N2O2/c1-21-15-9-5-4-8-13(15)17(20)19-16-12-7-3-2-6-11(12)10-14(16)18/h2-9,14,16H,10,18H2,1H3,(H,19,20). The van der Waals surface area contributed by atoms with Gasteiger partial charge in [0.15, 0.2) is 0 Å². The Morgan fingerprint density at radius 1 is 1.19 bits per heavy atom. The number of nitrogens with one attached hydrogen (secondary N) is 1. The molecule has 1 aliphatic rings. The van der Waals surface area contributed by atoms with Crippen molar-refractivity contribution in [2.45, 2.75) is 18.5 Å². The highest BCUT2D eigenvalue weighted by molar-refractivity contribution is 5.97. The van der Waals surface area contributed by atoms with Gasteiger partial charge in [0.05, 0.1) is 18.7 Å². The maximum atomic E-state index is 12.5. The molecule has 0 heterocycles. The number of fused-ring (bicyclic) bond motifs is 1. The lowest BCUT2D eigenvalue weighted by molar-refractivity contribution is 0.0930. The van der Waals surface area contributed by atoms with Gasteiger partial charge in [-0.05, 0) is 29.7 Å². The molecule has 0 fully saturated rings. The van der Waals surface area contributed by atoms with Gasteiger partial charge in [0.2, 0.25) is 0 Å². The van der Waals surface area contributed by atoms with Crippen molar-refractivity contribution in [1.29, 1.82) is 0 Å². The number of amides is 1. The Morgan fingerprint density at radius 2 is 1.90 bits per heavy atom. The Hall–Kier alpha value is -2.33. The van der Waals surface area contributed by atoms with E-state index in [1.165, 1.54) is 5.56 Å². The Labute approximate surface area is 123 Å². The summed E-state index contributed by atoms with van der Waals surface area (Å²) >= 11 is 0. The molecule has 4 nitrogen and oxygen atoms in total. The molecule has 108 valence electrons. The monoisotopic (exact) mass is 282 g/mol. The van der Waals surface area contributed by atoms with E-state index in [1.807, 2.05) is 30.3 Å². The molecule has 3 rings (SSSR count). The first-order chi connectivity index (χ1) is 10.2. The van der Waals surface area contributed by atoms with Gasteiger partial charge in [-0.3, -0.25) is 4.79 Å². The van der Waals surface area contributed by atoms with Gasteiger partial charge in [-0.25, -0.2) is 0 Å². The molecule has 0 saturated heterocycles. The van der Waals surface area contributed by atoms with Crippen molar-refractivity contribution in [2.75, 3.05) is 7.11 Å². The van der Waals surface area contributed by atoms with Gasteiger partial charge in [-0.2, -0.15) is 0 Å². The number of carbonyl (C=O) groups is 1. The van der Waals surface area contributed by atoms with Gasteiger partial charge >= 0.3 is 0 Å². The molecule has 21 heavy (non-hydrogen) atoms. The Balaban J connectivity index is 1.85. The molecule has 0 bridgehead atoms. The third-order valence-electron chi connectivity index (χ3n) is 3.91. The molecule has 1 amide bonds. The predicted molar refractivity (Wildman–Crippen MR) is 81.3 cm³/mol. The summed E-state index contributed by atoms with van der Waals surface area (Å²) < 4.78 is 5.24. The minimum Gasteiger partial charge on any atom is -0.496 e. The molecule has 2 unspecified atom stereocenters. The van der Waals surface area contributed by atoms with E-state index in [9.17, 15) is 4.79 Å². The van der Waals surface area contributed by atoms with Gasteiger partial charge in [0.25, 0.3) is 5.91 Å². The first-order valence-electron chi connectivity index (χ1n) is 6.98. The maximum Gasteiger partial charge on any atom is 0.255 e. The van der Waals surface area contributed by atoms with Crippen LogP contribution in [0.25, 0.3) is 0 Å². The zero-order chi connectivity index (χ0) is 14.8. The van der Waals surface area contributed by atoms with E-state index in [0.717, 1.165) is 12.0 Å². The molecule has 0 spiro atoms. The smallest absolute Gasteiger partial charge is 0.255 e. The highest BCUT2D eigenvalue weighted by Gasteiger charge is 2.31. The third-order valence-corrected chi connectivity index (χ3v) is 3.91. The van der Waals surface area contributed by atoms with Crippen molar-refractivity contribution >= 4 is 5.91 Å². The van der Waals surface area contributed by atoms with E-state index in [0.29, 0.717) is 11.3 Å². The summed E-state index contributed by atoms with van der Waals surface area (Å²) in [5.41, 5.74) is 9.01. The number of nitrogens with two attached hydrogens (primary N) is 1. The van der Waals surface area contributed by atoms with Crippen LogP contribution in [-0.2, 0) is 6.42 Å². The van der Waals surface area contributed by atoms with E-state index in [2.05, 4.69) is 11.4 Å². The lowest BCUT2D eigenvalue weighted by Crippen LogP contribution is -2.38. The van der Waals surface area contributed by atoms with Crippen molar-refractivity contribution in [3.8, 4) is 5.75 Å². The van der Waals surface area contributed by atoms with Crippen molar-refractivity contribution in [2.24, 2.45) is 5.73 Å². The van der Waals surface area contributed by atoms with Crippen LogP contribution in [0.3, 0.4) is 0 Å². The molecule has 0 aromatic heterocycles. The second-order valence-electron chi connectivity index (χ2n) is 5.22. The zero-order valence-electron chi connectivity index (χ0n) is 11.9. The van der Waals surface area contributed by atoms with Gasteiger partial charge in [-0.1, -0.05) is 36.4 Å². The summed E-state index contributed by atoms with van der Waals surface area (Å²) in [5.74, 6) is 0.402. The van der Waals surface area contributed by atoms with Crippen molar-refractivity contribution < 1.29 is 9.53 Å². The van der Waals surface area contributed by atoms with E-state index >= 15 is 0 Å². The van der Waals surface area contributed by atoms with Crippen LogP contribution in [0.1, 0.15) is 27.5 Å². The van der Waals surface area contributed by atoms with Crippen LogP contribution >= 0.6 is 0 Å². The van der Waals surface area contributed by atoms with Gasteiger partial charge in [0, 0.05) is 6.04 Å². The van der Waals surface area contributed by atoms with E-state index < -0.39 is 0 Å². The van der Waals surface area contributed by atoms with Gasteiger partial charge < -0.3 is 15.8 Å². The molecular formula is C17H18N2O2. The first kappa shape index (κ1) is 13.6. The Bertz CT molecular complexity index is 669. The molecule has 3 N–H and O–H groups in total. The summed E-state index contributed by atoms with van der Waals surface area (Å²) in [6.07, 6.45) is 0.785. The van der Waals surface area contributed by atoms with E-state index in [-0.39, 0.29) is 18.0 Å². The summed E-state index contributed by atoms with van der Waals surface area (Å²) in [7, 11) is 1.56. The second kappa shape index (κ2) is 5.58. The maximum absolute atomic E-state index is 12.5. The third kappa shape index (κ3) is 2.50. The minimum atomic E-state index is -0.162.